The molecule has 2 aliphatic heterocycles. The van der Waals surface area contributed by atoms with E-state index in [9.17, 15) is 38.7 Å². The second-order valence-electron chi connectivity index (χ2n) is 12.1. The fourth-order valence-electron chi connectivity index (χ4n) is 5.90. The summed E-state index contributed by atoms with van der Waals surface area (Å²) >= 11 is 2.33. The summed E-state index contributed by atoms with van der Waals surface area (Å²) in [6.07, 6.45) is 1.12. The van der Waals surface area contributed by atoms with Gasteiger partial charge in [-0.1, -0.05) is 42.1 Å². The van der Waals surface area contributed by atoms with Crippen molar-refractivity contribution in [2.45, 2.75) is 42.5 Å². The standard InChI is InChI=1S/C33H32N10O8S2/c1-15(36-16(2)44)27(46)37-19-9-10-22-20(11-19)26(45)21(12-35-22)28(47)42(29(48)23(34)17-7-5-4-6-8-17)25-30(49)43-24(32(50)51)18(13-52-31(25)43)14-53-33-38-39-40-41(33)3/h4-12,15,23,25,31H,13-14,34H2,1-3H3,(H,35,45)(H,36,44)(H,37,46)(H,50,51)/t15?,23?,25?,31-/m0/s1. The van der Waals surface area contributed by atoms with Crippen LogP contribution in [0.4, 0.5) is 5.69 Å². The molecule has 274 valence electrons. The van der Waals surface area contributed by atoms with E-state index in [4.69, 9.17) is 5.73 Å². The maximum atomic E-state index is 14.4. The Morgan fingerprint density at radius 1 is 1.15 bits per heavy atom. The van der Waals surface area contributed by atoms with Crippen molar-refractivity contribution in [3.8, 4) is 0 Å². The molecule has 2 aromatic carbocycles. The van der Waals surface area contributed by atoms with Crippen LogP contribution in [0.15, 0.2) is 75.9 Å². The minimum atomic E-state index is -1.50. The molecule has 4 heterocycles. The summed E-state index contributed by atoms with van der Waals surface area (Å²) in [5.41, 5.74) is 6.01. The first-order valence-corrected chi connectivity index (χ1v) is 18.0. The third kappa shape index (κ3) is 7.15. The Bertz CT molecular complexity index is 2260. The lowest BCUT2D eigenvalue weighted by molar-refractivity contribution is -0.157. The molecule has 0 spiro atoms. The number of carboxylic acids is 1. The van der Waals surface area contributed by atoms with Crippen LogP contribution < -0.4 is 21.8 Å². The average Bonchev–Trinajstić information content (AvgIpc) is 3.55. The molecular formula is C33H32N10O8S2. The molecule has 20 heteroatoms. The number of benzene rings is 2. The minimum Gasteiger partial charge on any atom is -0.477 e. The number of anilines is 1. The maximum Gasteiger partial charge on any atom is 0.352 e. The van der Waals surface area contributed by atoms with E-state index >= 15 is 0 Å². The molecule has 53 heavy (non-hydrogen) atoms. The van der Waals surface area contributed by atoms with Gasteiger partial charge in [0.05, 0.1) is 0 Å². The third-order valence-electron chi connectivity index (χ3n) is 8.53. The highest BCUT2D eigenvalue weighted by molar-refractivity contribution is 8.01. The van der Waals surface area contributed by atoms with E-state index in [2.05, 4.69) is 31.1 Å². The number of hydrogen-bond acceptors (Lipinski definition) is 13. The number of carboxylic acid groups (broad SMARTS) is 1. The van der Waals surface area contributed by atoms with Crippen LogP contribution in [-0.4, -0.2) is 105 Å². The molecule has 2 aliphatic rings. The number of thioether (sulfide) groups is 2. The monoisotopic (exact) mass is 760 g/mol. The van der Waals surface area contributed by atoms with Crippen molar-refractivity contribution >= 4 is 75.6 Å². The van der Waals surface area contributed by atoms with Crippen LogP contribution in [0.5, 0.6) is 0 Å². The molecular weight excluding hydrogens is 729 g/mol. The first-order valence-electron chi connectivity index (χ1n) is 15.9. The summed E-state index contributed by atoms with van der Waals surface area (Å²) in [5.74, 6) is -5.03. The van der Waals surface area contributed by atoms with Crippen LogP contribution in [0, 0.1) is 0 Å². The molecule has 4 atom stereocenters. The number of rotatable bonds is 11. The zero-order valence-corrected chi connectivity index (χ0v) is 29.9. The topological polar surface area (TPSA) is 256 Å². The Kier molecular flexibility index (Phi) is 10.5. The quantitative estimate of drug-likeness (QED) is 0.104. The van der Waals surface area contributed by atoms with Crippen molar-refractivity contribution in [1.82, 2.24) is 40.3 Å². The number of aryl methyl sites for hydroxylation is 1. The van der Waals surface area contributed by atoms with Crippen molar-refractivity contribution in [3.63, 3.8) is 0 Å². The van der Waals surface area contributed by atoms with Gasteiger partial charge in [-0.25, -0.2) is 9.48 Å². The second kappa shape index (κ2) is 15.0. The number of nitrogens with one attached hydrogen (secondary N) is 3. The van der Waals surface area contributed by atoms with Gasteiger partial charge in [-0.15, -0.1) is 16.9 Å². The maximum absolute atomic E-state index is 14.4. The number of H-pyrrole nitrogens is 1. The largest absolute Gasteiger partial charge is 0.477 e. The number of tetrazole rings is 1. The molecule has 1 fully saturated rings. The van der Waals surface area contributed by atoms with Gasteiger partial charge in [0.25, 0.3) is 17.7 Å². The number of aliphatic carboxylic acids is 1. The second-order valence-corrected chi connectivity index (χ2v) is 14.1. The molecule has 1 saturated heterocycles. The van der Waals surface area contributed by atoms with Gasteiger partial charge >= 0.3 is 5.97 Å². The number of pyridine rings is 1. The smallest absolute Gasteiger partial charge is 0.352 e. The van der Waals surface area contributed by atoms with Crippen LogP contribution in [0.25, 0.3) is 10.9 Å². The lowest BCUT2D eigenvalue weighted by atomic mass is 9.97. The Morgan fingerprint density at radius 2 is 1.89 bits per heavy atom. The third-order valence-corrected chi connectivity index (χ3v) is 11.0. The fourth-order valence-corrected chi connectivity index (χ4v) is 8.27. The highest BCUT2D eigenvalue weighted by Crippen LogP contribution is 2.44. The Hall–Kier alpha value is -5.86. The predicted octanol–water partition coefficient (Wildman–Crippen LogP) is 0.598. The summed E-state index contributed by atoms with van der Waals surface area (Å²) < 4.78 is 1.42. The van der Waals surface area contributed by atoms with Crippen LogP contribution in [0.3, 0.4) is 0 Å². The summed E-state index contributed by atoms with van der Waals surface area (Å²) in [7, 11) is 1.63. The van der Waals surface area contributed by atoms with Crippen LogP contribution >= 0.6 is 23.5 Å². The summed E-state index contributed by atoms with van der Waals surface area (Å²) in [6.45, 7) is 2.74. The molecule has 4 aromatic rings. The van der Waals surface area contributed by atoms with Gasteiger partial charge in [0.15, 0.2) is 0 Å². The number of amides is 5. The van der Waals surface area contributed by atoms with Crippen molar-refractivity contribution in [3.05, 3.63) is 87.3 Å². The van der Waals surface area contributed by atoms with Crippen molar-refractivity contribution < 1.29 is 33.9 Å². The first kappa shape index (κ1) is 36.9. The average molecular weight is 761 g/mol. The molecule has 0 aliphatic carbocycles. The van der Waals surface area contributed by atoms with Gasteiger partial charge in [-0.3, -0.25) is 38.6 Å². The number of carbonyl (C=O) groups is 6. The Balaban J connectivity index is 1.35. The summed E-state index contributed by atoms with van der Waals surface area (Å²) in [6, 6.07) is 8.67. The minimum absolute atomic E-state index is 0.0226. The normalized spacial score (nSPS) is 17.7. The first-order chi connectivity index (χ1) is 25.3. The van der Waals surface area contributed by atoms with E-state index in [1.807, 2.05) is 0 Å². The molecule has 5 amide bonds. The van der Waals surface area contributed by atoms with E-state index in [1.165, 1.54) is 48.5 Å². The molecule has 6 rings (SSSR count). The number of hydrogen-bond donors (Lipinski definition) is 5. The molecule has 18 nitrogen and oxygen atoms in total. The van der Waals surface area contributed by atoms with Crippen molar-refractivity contribution in [2.75, 3.05) is 16.8 Å². The summed E-state index contributed by atoms with van der Waals surface area (Å²) in [4.78, 5) is 97.7. The lowest BCUT2D eigenvalue weighted by Gasteiger charge is -2.52. The molecule has 0 saturated carbocycles. The van der Waals surface area contributed by atoms with Gasteiger partial charge in [-0.05, 0) is 46.7 Å². The molecule has 3 unspecified atom stereocenters. The van der Waals surface area contributed by atoms with Gasteiger partial charge in [0.1, 0.15) is 34.8 Å². The van der Waals surface area contributed by atoms with Crippen molar-refractivity contribution in [1.29, 1.82) is 0 Å². The number of β-lactam (4-membered cyclic amide) rings is 1. The molecule has 6 N–H and O–H groups in total. The number of aromatic amines is 1. The molecule has 0 bridgehead atoms. The van der Waals surface area contributed by atoms with Crippen LogP contribution in [-0.2, 0) is 31.0 Å². The van der Waals surface area contributed by atoms with E-state index in [0.717, 1.165) is 22.9 Å². The number of nitrogens with zero attached hydrogens (tertiary/aromatic N) is 6. The number of carbonyl (C=O) groups excluding carboxylic acids is 5. The Labute approximate surface area is 308 Å². The van der Waals surface area contributed by atoms with E-state index in [0.29, 0.717) is 26.7 Å². The zero-order valence-electron chi connectivity index (χ0n) is 28.3. The summed E-state index contributed by atoms with van der Waals surface area (Å²) in [5, 5.41) is 25.9. The van der Waals surface area contributed by atoms with Crippen molar-refractivity contribution in [2.24, 2.45) is 12.8 Å². The Morgan fingerprint density at radius 3 is 2.55 bits per heavy atom. The van der Waals surface area contributed by atoms with Gasteiger partial charge in [0.2, 0.25) is 22.4 Å². The van der Waals surface area contributed by atoms with Gasteiger partial charge in [0, 0.05) is 48.3 Å². The molecule has 2 aromatic heterocycles. The molecule has 0 radical (unpaired) electrons. The fraction of sp³-hybridized carbons (Fsp3) is 0.273. The lowest BCUT2D eigenvalue weighted by Crippen LogP contribution is -2.73. The number of nitrogens with two attached hydrogens (primary N) is 1. The van der Waals surface area contributed by atoms with Crippen LogP contribution in [0.1, 0.15) is 35.8 Å². The van der Waals surface area contributed by atoms with E-state index < -0.39 is 70.0 Å². The van der Waals surface area contributed by atoms with Gasteiger partial charge in [-0.2, -0.15) is 0 Å². The number of fused-ring (bicyclic) bond motifs is 2. The highest BCUT2D eigenvalue weighted by Gasteiger charge is 2.59. The zero-order chi connectivity index (χ0) is 38.1. The number of imide groups is 1. The van der Waals surface area contributed by atoms with Crippen LogP contribution in [0.2, 0.25) is 0 Å². The SMILES string of the molecule is CC(=O)NC(C)C(=O)Nc1ccc2[nH]cc(C(=O)N(C(=O)C(N)c3ccccc3)C3C(=O)N4C(C(=O)O)=C(CSc5nnnn5C)CS[C@@H]34)c(=O)c2c1. The highest BCUT2D eigenvalue weighted by atomic mass is 32.2. The number of aromatic nitrogens is 5. The van der Waals surface area contributed by atoms with E-state index in [-0.39, 0.29) is 28.3 Å². The predicted molar refractivity (Wildman–Crippen MR) is 192 cm³/mol. The van der Waals surface area contributed by atoms with E-state index in [1.54, 1.807) is 37.4 Å². The van der Waals surface area contributed by atoms with Gasteiger partial charge < -0.3 is 26.5 Å².